The molecule has 0 unspecified atom stereocenters. The third kappa shape index (κ3) is 1.87. The molecule has 0 fully saturated rings. The van der Waals surface area contributed by atoms with Crippen LogP contribution in [0.4, 0.5) is 19.0 Å². The zero-order valence-electron chi connectivity index (χ0n) is 10.0. The van der Waals surface area contributed by atoms with E-state index in [4.69, 9.17) is 5.73 Å². The second-order valence-electron chi connectivity index (χ2n) is 4.59. The summed E-state index contributed by atoms with van der Waals surface area (Å²) < 4.78 is 40.2. The van der Waals surface area contributed by atoms with E-state index in [9.17, 15) is 13.2 Å². The summed E-state index contributed by atoms with van der Waals surface area (Å²) in [4.78, 5) is 0. The number of hydrogen-bond donors (Lipinski definition) is 1. The molecule has 1 aromatic carbocycles. The summed E-state index contributed by atoms with van der Waals surface area (Å²) in [5, 5.41) is 4.23. The van der Waals surface area contributed by atoms with Crippen molar-refractivity contribution >= 4 is 5.82 Å². The van der Waals surface area contributed by atoms with Crippen molar-refractivity contribution in [2.45, 2.75) is 25.4 Å². The number of halogens is 3. The van der Waals surface area contributed by atoms with Crippen LogP contribution in [0.3, 0.4) is 0 Å². The zero-order valence-corrected chi connectivity index (χ0v) is 10.0. The van der Waals surface area contributed by atoms with Crippen LogP contribution in [0.2, 0.25) is 0 Å². The summed E-state index contributed by atoms with van der Waals surface area (Å²) in [6, 6.07) is 5.35. The van der Waals surface area contributed by atoms with Gasteiger partial charge in [-0.15, -0.1) is 0 Å². The van der Waals surface area contributed by atoms with Gasteiger partial charge in [0.1, 0.15) is 5.82 Å². The Bertz CT molecular complexity index is 629. The number of hydrogen-bond acceptors (Lipinski definition) is 2. The molecule has 0 saturated carbocycles. The minimum atomic E-state index is -4.42. The van der Waals surface area contributed by atoms with Gasteiger partial charge in [0.25, 0.3) is 0 Å². The number of aromatic nitrogens is 2. The first kappa shape index (κ1) is 12.1. The Balaban J connectivity index is 2.18. The standard InChI is InChI=1S/C13H12F3N3/c14-13(15,16)9-5-1-2-7-11(9)19-12(17)8-4-3-6-10(8)18-19/h1-2,5,7H,3-4,6,17H2. The third-order valence-electron chi connectivity index (χ3n) is 3.38. The minimum Gasteiger partial charge on any atom is -0.383 e. The van der Waals surface area contributed by atoms with Crippen LogP contribution in [0, 0.1) is 0 Å². The molecule has 1 heterocycles. The van der Waals surface area contributed by atoms with Crippen LogP contribution in [0.25, 0.3) is 5.69 Å². The van der Waals surface area contributed by atoms with E-state index < -0.39 is 11.7 Å². The Hall–Kier alpha value is -1.98. The van der Waals surface area contributed by atoms with E-state index in [-0.39, 0.29) is 5.69 Å². The molecule has 3 nitrogen and oxygen atoms in total. The molecule has 0 spiro atoms. The number of alkyl halides is 3. The quantitative estimate of drug-likeness (QED) is 0.863. The monoisotopic (exact) mass is 267 g/mol. The van der Waals surface area contributed by atoms with Crippen LogP contribution in [-0.2, 0) is 19.0 Å². The average molecular weight is 267 g/mol. The second kappa shape index (κ2) is 4.01. The molecule has 6 heteroatoms. The van der Waals surface area contributed by atoms with Crippen molar-refractivity contribution in [1.29, 1.82) is 0 Å². The lowest BCUT2D eigenvalue weighted by Crippen LogP contribution is -2.13. The Morgan fingerprint density at radius 3 is 2.58 bits per heavy atom. The van der Waals surface area contributed by atoms with Crippen molar-refractivity contribution in [3.63, 3.8) is 0 Å². The molecular weight excluding hydrogens is 255 g/mol. The van der Waals surface area contributed by atoms with Crippen LogP contribution >= 0.6 is 0 Å². The van der Waals surface area contributed by atoms with Gasteiger partial charge in [-0.1, -0.05) is 12.1 Å². The molecule has 19 heavy (non-hydrogen) atoms. The summed E-state index contributed by atoms with van der Waals surface area (Å²) in [5.74, 6) is 0.323. The SMILES string of the molecule is Nc1c2c(nn1-c1ccccc1C(F)(F)F)CCC2. The van der Waals surface area contributed by atoms with E-state index in [0.29, 0.717) is 5.82 Å². The molecule has 0 amide bonds. The summed E-state index contributed by atoms with van der Waals surface area (Å²) in [6.07, 6.45) is -1.89. The fraction of sp³-hybridized carbons (Fsp3) is 0.308. The van der Waals surface area contributed by atoms with E-state index in [2.05, 4.69) is 5.10 Å². The van der Waals surface area contributed by atoms with Gasteiger partial charge in [0.15, 0.2) is 0 Å². The lowest BCUT2D eigenvalue weighted by Gasteiger charge is -2.13. The molecular formula is C13H12F3N3. The predicted octanol–water partition coefficient (Wildman–Crippen LogP) is 2.96. The average Bonchev–Trinajstić information content (AvgIpc) is 2.92. The van der Waals surface area contributed by atoms with Gasteiger partial charge in [0, 0.05) is 5.56 Å². The highest BCUT2D eigenvalue weighted by Crippen LogP contribution is 2.36. The fourth-order valence-electron chi connectivity index (χ4n) is 2.50. The molecule has 0 radical (unpaired) electrons. The summed E-state index contributed by atoms with van der Waals surface area (Å²) in [5.41, 5.74) is 6.90. The van der Waals surface area contributed by atoms with Crippen LogP contribution in [0.1, 0.15) is 23.2 Å². The maximum absolute atomic E-state index is 13.0. The van der Waals surface area contributed by atoms with Gasteiger partial charge in [-0.2, -0.15) is 18.3 Å². The van der Waals surface area contributed by atoms with Gasteiger partial charge >= 0.3 is 6.18 Å². The van der Waals surface area contributed by atoms with Crippen molar-refractivity contribution in [3.8, 4) is 5.69 Å². The molecule has 1 aromatic heterocycles. The Kier molecular flexibility index (Phi) is 2.55. The number of fused-ring (bicyclic) bond motifs is 1. The molecule has 2 N–H and O–H groups in total. The maximum Gasteiger partial charge on any atom is 0.418 e. The number of nitrogens with zero attached hydrogens (tertiary/aromatic N) is 2. The predicted molar refractivity (Wildman–Crippen MR) is 65.0 cm³/mol. The normalized spacial score (nSPS) is 14.7. The number of aryl methyl sites for hydroxylation is 1. The van der Waals surface area contributed by atoms with Crippen LogP contribution in [0.15, 0.2) is 24.3 Å². The highest BCUT2D eigenvalue weighted by molar-refractivity contribution is 5.54. The number of para-hydroxylation sites is 1. The summed E-state index contributed by atoms with van der Waals surface area (Å²) >= 11 is 0. The van der Waals surface area contributed by atoms with E-state index in [1.54, 1.807) is 6.07 Å². The van der Waals surface area contributed by atoms with Gasteiger partial charge in [0.05, 0.1) is 16.9 Å². The van der Waals surface area contributed by atoms with Gasteiger partial charge < -0.3 is 5.73 Å². The van der Waals surface area contributed by atoms with Gasteiger partial charge in [-0.3, -0.25) is 0 Å². The summed E-state index contributed by atoms with van der Waals surface area (Å²) in [6.45, 7) is 0. The first-order chi connectivity index (χ1) is 8.98. The van der Waals surface area contributed by atoms with E-state index in [1.165, 1.54) is 16.8 Å². The van der Waals surface area contributed by atoms with Crippen molar-refractivity contribution in [2.75, 3.05) is 5.73 Å². The Morgan fingerprint density at radius 1 is 1.16 bits per heavy atom. The van der Waals surface area contributed by atoms with E-state index >= 15 is 0 Å². The van der Waals surface area contributed by atoms with Gasteiger partial charge in [-0.25, -0.2) is 4.68 Å². The van der Waals surface area contributed by atoms with E-state index in [1.807, 2.05) is 0 Å². The molecule has 0 bridgehead atoms. The van der Waals surface area contributed by atoms with Crippen LogP contribution in [0.5, 0.6) is 0 Å². The highest BCUT2D eigenvalue weighted by Gasteiger charge is 2.35. The van der Waals surface area contributed by atoms with Crippen molar-refractivity contribution in [1.82, 2.24) is 9.78 Å². The minimum absolute atomic E-state index is 0.0121. The molecule has 3 rings (SSSR count). The molecule has 2 aromatic rings. The Labute approximate surface area is 107 Å². The smallest absolute Gasteiger partial charge is 0.383 e. The number of anilines is 1. The maximum atomic E-state index is 13.0. The van der Waals surface area contributed by atoms with Gasteiger partial charge in [0.2, 0.25) is 0 Å². The second-order valence-corrected chi connectivity index (χ2v) is 4.59. The molecule has 100 valence electrons. The lowest BCUT2D eigenvalue weighted by atomic mass is 10.1. The van der Waals surface area contributed by atoms with Crippen molar-refractivity contribution in [3.05, 3.63) is 41.1 Å². The number of nitrogens with two attached hydrogens (primary N) is 1. The highest BCUT2D eigenvalue weighted by atomic mass is 19.4. The molecule has 1 aliphatic carbocycles. The van der Waals surface area contributed by atoms with Crippen LogP contribution in [-0.4, -0.2) is 9.78 Å². The first-order valence-electron chi connectivity index (χ1n) is 6.01. The molecule has 0 aliphatic heterocycles. The summed E-state index contributed by atoms with van der Waals surface area (Å²) in [7, 11) is 0. The van der Waals surface area contributed by atoms with Crippen LogP contribution < -0.4 is 5.73 Å². The van der Waals surface area contributed by atoms with Crippen molar-refractivity contribution < 1.29 is 13.2 Å². The number of nitrogen functional groups attached to an aromatic ring is 1. The topological polar surface area (TPSA) is 43.8 Å². The molecule has 0 saturated heterocycles. The fourth-order valence-corrected chi connectivity index (χ4v) is 2.50. The Morgan fingerprint density at radius 2 is 1.89 bits per heavy atom. The number of benzene rings is 1. The molecule has 1 aliphatic rings. The van der Waals surface area contributed by atoms with Crippen molar-refractivity contribution in [2.24, 2.45) is 0 Å². The largest absolute Gasteiger partial charge is 0.418 e. The zero-order chi connectivity index (χ0) is 13.6. The van der Waals surface area contributed by atoms with Gasteiger partial charge in [-0.05, 0) is 31.4 Å². The van der Waals surface area contributed by atoms with E-state index in [0.717, 1.165) is 36.6 Å². The molecule has 0 atom stereocenters. The number of rotatable bonds is 1. The lowest BCUT2D eigenvalue weighted by molar-refractivity contribution is -0.137. The first-order valence-corrected chi connectivity index (χ1v) is 6.01. The third-order valence-corrected chi connectivity index (χ3v) is 3.38.